The minimum absolute atomic E-state index is 0.320. The molecule has 0 aliphatic heterocycles. The molecule has 0 saturated heterocycles. The summed E-state index contributed by atoms with van der Waals surface area (Å²) in [6.07, 6.45) is -5.24. The molecule has 2 unspecified atom stereocenters. The highest BCUT2D eigenvalue weighted by Gasteiger charge is 2.30. The first-order chi connectivity index (χ1) is 4.81. The molecule has 2 nitrogen and oxygen atoms in total. The largest absolute Gasteiger partial charge is 0.389 e. The summed E-state index contributed by atoms with van der Waals surface area (Å²) in [7, 11) is 0. The van der Waals surface area contributed by atoms with E-state index in [9.17, 15) is 17.4 Å². The summed E-state index contributed by atoms with van der Waals surface area (Å²) in [5, 5.41) is 0. The van der Waals surface area contributed by atoms with Crippen LogP contribution in [0.5, 0.6) is 0 Å². The van der Waals surface area contributed by atoms with E-state index in [4.69, 9.17) is 4.55 Å². The quantitative estimate of drug-likeness (QED) is 0.689. The highest BCUT2D eigenvalue weighted by molar-refractivity contribution is 7.79. The number of halogens is 3. The van der Waals surface area contributed by atoms with Crippen molar-refractivity contribution in [2.45, 2.75) is 19.5 Å². The van der Waals surface area contributed by atoms with Gasteiger partial charge in [0.2, 0.25) is 0 Å². The second-order valence-electron chi connectivity index (χ2n) is 2.41. The van der Waals surface area contributed by atoms with Gasteiger partial charge in [0.15, 0.2) is 11.1 Å². The maximum Gasteiger partial charge on any atom is 0.389 e. The molecule has 6 heteroatoms. The van der Waals surface area contributed by atoms with Crippen LogP contribution < -0.4 is 0 Å². The molecule has 0 bridgehead atoms. The molecule has 68 valence electrons. The van der Waals surface area contributed by atoms with Crippen LogP contribution >= 0.6 is 0 Å². The van der Waals surface area contributed by atoms with Crippen molar-refractivity contribution in [1.29, 1.82) is 0 Å². The number of alkyl halides is 3. The molecule has 0 aromatic heterocycles. The van der Waals surface area contributed by atoms with Crippen molar-refractivity contribution in [3.8, 4) is 0 Å². The lowest BCUT2D eigenvalue weighted by atomic mass is 10.1. The Labute approximate surface area is 65.1 Å². The molecule has 0 radical (unpaired) electrons. The minimum Gasteiger partial charge on any atom is -0.306 e. The van der Waals surface area contributed by atoms with Crippen LogP contribution in [0.3, 0.4) is 0 Å². The van der Waals surface area contributed by atoms with Crippen molar-refractivity contribution in [2.24, 2.45) is 5.92 Å². The summed E-state index contributed by atoms with van der Waals surface area (Å²) in [6.45, 7) is 1.29. The zero-order valence-electron chi connectivity index (χ0n) is 5.89. The topological polar surface area (TPSA) is 37.3 Å². The van der Waals surface area contributed by atoms with E-state index >= 15 is 0 Å². The molecule has 0 fully saturated rings. The normalized spacial score (nSPS) is 17.9. The first-order valence-corrected chi connectivity index (χ1v) is 4.23. The zero-order chi connectivity index (χ0) is 9.07. The second kappa shape index (κ2) is 4.06. The van der Waals surface area contributed by atoms with Crippen LogP contribution in [0.15, 0.2) is 0 Å². The Hall–Kier alpha value is -0.100. The lowest BCUT2D eigenvalue weighted by molar-refractivity contribution is -0.141. The molecule has 0 aromatic carbocycles. The van der Waals surface area contributed by atoms with E-state index in [0.717, 1.165) is 0 Å². The molecule has 0 amide bonds. The second-order valence-corrected chi connectivity index (χ2v) is 3.39. The van der Waals surface area contributed by atoms with Crippen molar-refractivity contribution < 1.29 is 21.9 Å². The molecule has 1 N–H and O–H groups in total. The predicted molar refractivity (Wildman–Crippen MR) is 35.5 cm³/mol. The molecular weight excluding hydrogens is 181 g/mol. The molecular formula is C5H9F3O2S. The standard InChI is InChI=1S/C5H9F3O2S/c1-4(3-11(9)10)2-5(6,7)8/h4H,2-3H2,1H3,(H,9,10). The van der Waals surface area contributed by atoms with Gasteiger partial charge in [0.25, 0.3) is 0 Å². The van der Waals surface area contributed by atoms with Crippen LogP contribution in [0.1, 0.15) is 13.3 Å². The Morgan fingerprint density at radius 1 is 1.55 bits per heavy atom. The maximum absolute atomic E-state index is 11.6. The molecule has 0 saturated carbocycles. The summed E-state index contributed by atoms with van der Waals surface area (Å²) < 4.78 is 53.0. The van der Waals surface area contributed by atoms with Crippen LogP contribution in [0.25, 0.3) is 0 Å². The Morgan fingerprint density at radius 2 is 2.00 bits per heavy atom. The SMILES string of the molecule is CC(CS(=O)O)CC(F)(F)F. The van der Waals surface area contributed by atoms with E-state index in [1.807, 2.05) is 0 Å². The molecule has 2 atom stereocenters. The van der Waals surface area contributed by atoms with Crippen LogP contribution in [-0.4, -0.2) is 20.7 Å². The van der Waals surface area contributed by atoms with Gasteiger partial charge in [0.1, 0.15) is 0 Å². The van der Waals surface area contributed by atoms with Gasteiger partial charge in [-0.15, -0.1) is 0 Å². The average Bonchev–Trinajstić information content (AvgIpc) is 1.53. The van der Waals surface area contributed by atoms with E-state index in [1.54, 1.807) is 0 Å². The Morgan fingerprint density at radius 3 is 2.27 bits per heavy atom. The highest BCUT2D eigenvalue weighted by atomic mass is 32.2. The first kappa shape index (κ1) is 10.9. The Kier molecular flexibility index (Phi) is 4.02. The van der Waals surface area contributed by atoms with Crippen LogP contribution in [0.2, 0.25) is 0 Å². The van der Waals surface area contributed by atoms with E-state index in [-0.39, 0.29) is 5.75 Å². The number of hydrogen-bond donors (Lipinski definition) is 1. The zero-order valence-corrected chi connectivity index (χ0v) is 6.71. The van der Waals surface area contributed by atoms with E-state index in [0.29, 0.717) is 0 Å². The number of rotatable bonds is 3. The molecule has 0 aliphatic rings. The fraction of sp³-hybridized carbons (Fsp3) is 1.00. The lowest BCUT2D eigenvalue weighted by Crippen LogP contribution is -2.17. The van der Waals surface area contributed by atoms with E-state index < -0.39 is 29.6 Å². The summed E-state index contributed by atoms with van der Waals surface area (Å²) in [6, 6.07) is 0. The third-order valence-corrected chi connectivity index (χ3v) is 1.86. The maximum atomic E-state index is 11.6. The van der Waals surface area contributed by atoms with Gasteiger partial charge in [-0.05, 0) is 5.92 Å². The van der Waals surface area contributed by atoms with Gasteiger partial charge in [-0.25, -0.2) is 4.21 Å². The Bertz CT molecular complexity index is 145. The van der Waals surface area contributed by atoms with Crippen molar-refractivity contribution >= 4 is 11.1 Å². The lowest BCUT2D eigenvalue weighted by Gasteiger charge is -2.10. The van der Waals surface area contributed by atoms with Gasteiger partial charge in [-0.1, -0.05) is 6.92 Å². The van der Waals surface area contributed by atoms with Gasteiger partial charge >= 0.3 is 6.18 Å². The molecule has 0 heterocycles. The molecule has 0 aliphatic carbocycles. The molecule has 11 heavy (non-hydrogen) atoms. The van der Waals surface area contributed by atoms with Crippen molar-refractivity contribution in [3.63, 3.8) is 0 Å². The molecule has 0 aromatic rings. The summed E-state index contributed by atoms with van der Waals surface area (Å²) in [5.41, 5.74) is 0. The fourth-order valence-corrected chi connectivity index (χ4v) is 1.30. The number of hydrogen-bond acceptors (Lipinski definition) is 1. The van der Waals surface area contributed by atoms with Crippen molar-refractivity contribution in [1.82, 2.24) is 0 Å². The van der Waals surface area contributed by atoms with Gasteiger partial charge in [-0.2, -0.15) is 13.2 Å². The smallest absolute Gasteiger partial charge is 0.306 e. The van der Waals surface area contributed by atoms with Crippen molar-refractivity contribution in [3.05, 3.63) is 0 Å². The Balaban J connectivity index is 3.69. The molecule has 0 spiro atoms. The molecule has 0 rings (SSSR count). The minimum atomic E-state index is -4.24. The van der Waals surface area contributed by atoms with Gasteiger partial charge < -0.3 is 4.55 Å². The summed E-state index contributed by atoms with van der Waals surface area (Å²) >= 11 is -2.13. The highest BCUT2D eigenvalue weighted by Crippen LogP contribution is 2.24. The van der Waals surface area contributed by atoms with Gasteiger partial charge in [0.05, 0.1) is 5.75 Å². The van der Waals surface area contributed by atoms with Crippen LogP contribution in [0, 0.1) is 5.92 Å². The predicted octanol–water partition coefficient (Wildman–Crippen LogP) is 1.80. The first-order valence-electron chi connectivity index (χ1n) is 2.95. The monoisotopic (exact) mass is 190 g/mol. The third-order valence-electron chi connectivity index (χ3n) is 1.01. The van der Waals surface area contributed by atoms with Gasteiger partial charge in [-0.3, -0.25) is 0 Å². The van der Waals surface area contributed by atoms with E-state index in [2.05, 4.69) is 0 Å². The van der Waals surface area contributed by atoms with Gasteiger partial charge in [0, 0.05) is 6.42 Å². The van der Waals surface area contributed by atoms with Crippen LogP contribution in [-0.2, 0) is 11.1 Å². The summed E-state index contributed by atoms with van der Waals surface area (Å²) in [4.78, 5) is 0. The van der Waals surface area contributed by atoms with Crippen molar-refractivity contribution in [2.75, 3.05) is 5.75 Å². The van der Waals surface area contributed by atoms with Crippen LogP contribution in [0.4, 0.5) is 13.2 Å². The summed E-state index contributed by atoms with van der Waals surface area (Å²) in [5.74, 6) is -1.11. The van der Waals surface area contributed by atoms with E-state index in [1.165, 1.54) is 6.92 Å². The average molecular weight is 190 g/mol. The third kappa shape index (κ3) is 7.80. The fourth-order valence-electron chi connectivity index (χ4n) is 0.697.